The summed E-state index contributed by atoms with van der Waals surface area (Å²) < 4.78 is 5.26. The summed E-state index contributed by atoms with van der Waals surface area (Å²) in [5.74, 6) is 0.281. The molecule has 1 fully saturated rings. The van der Waals surface area contributed by atoms with Crippen molar-refractivity contribution in [2.75, 3.05) is 6.54 Å². The van der Waals surface area contributed by atoms with E-state index in [1.807, 2.05) is 33.8 Å². The number of piperidine rings is 1. The van der Waals surface area contributed by atoms with Crippen LogP contribution in [0.1, 0.15) is 40.5 Å². The standard InChI is InChI=1S/C12H20N2O2/c1-5-9-7-6-8-14(10(9)13)11(15)16-12(2,3)4/h5,13H,6-8H2,1-4H3/b9-5-,13-10?. The molecule has 1 saturated heterocycles. The van der Waals surface area contributed by atoms with Crippen molar-refractivity contribution < 1.29 is 9.53 Å². The van der Waals surface area contributed by atoms with E-state index in [1.165, 1.54) is 4.90 Å². The molecular formula is C12H20N2O2. The van der Waals surface area contributed by atoms with E-state index in [0.717, 1.165) is 18.4 Å². The van der Waals surface area contributed by atoms with E-state index < -0.39 is 11.7 Å². The molecule has 0 atom stereocenters. The van der Waals surface area contributed by atoms with Crippen LogP contribution in [0, 0.1) is 5.41 Å². The van der Waals surface area contributed by atoms with Crippen molar-refractivity contribution in [2.24, 2.45) is 0 Å². The summed E-state index contributed by atoms with van der Waals surface area (Å²) in [6.45, 7) is 7.95. The van der Waals surface area contributed by atoms with Crippen molar-refractivity contribution >= 4 is 11.9 Å². The molecule has 4 heteroatoms. The molecule has 1 amide bonds. The minimum absolute atomic E-state index is 0.281. The van der Waals surface area contributed by atoms with E-state index in [-0.39, 0.29) is 5.84 Å². The van der Waals surface area contributed by atoms with Crippen molar-refractivity contribution in [3.8, 4) is 0 Å². The highest BCUT2D eigenvalue weighted by molar-refractivity contribution is 6.04. The first-order valence-corrected chi connectivity index (χ1v) is 5.60. The van der Waals surface area contributed by atoms with Crippen molar-refractivity contribution in [3.05, 3.63) is 11.6 Å². The molecular weight excluding hydrogens is 204 g/mol. The Hall–Kier alpha value is -1.32. The van der Waals surface area contributed by atoms with Crippen LogP contribution in [0.5, 0.6) is 0 Å². The second kappa shape index (κ2) is 4.68. The highest BCUT2D eigenvalue weighted by Gasteiger charge is 2.28. The molecule has 1 rings (SSSR count). The molecule has 0 aromatic rings. The number of hydrogen-bond acceptors (Lipinski definition) is 3. The van der Waals surface area contributed by atoms with Crippen LogP contribution in [-0.4, -0.2) is 29.0 Å². The molecule has 0 spiro atoms. The summed E-state index contributed by atoms with van der Waals surface area (Å²) >= 11 is 0. The van der Waals surface area contributed by atoms with Gasteiger partial charge in [-0.05, 0) is 46.1 Å². The zero-order chi connectivity index (χ0) is 12.3. The molecule has 0 aromatic heterocycles. The van der Waals surface area contributed by atoms with E-state index in [2.05, 4.69) is 0 Å². The maximum absolute atomic E-state index is 11.8. The lowest BCUT2D eigenvalue weighted by atomic mass is 10.0. The van der Waals surface area contributed by atoms with Gasteiger partial charge < -0.3 is 4.74 Å². The zero-order valence-electron chi connectivity index (χ0n) is 10.5. The van der Waals surface area contributed by atoms with E-state index in [0.29, 0.717) is 6.54 Å². The Morgan fingerprint density at radius 1 is 1.50 bits per heavy atom. The van der Waals surface area contributed by atoms with Crippen molar-refractivity contribution in [1.29, 1.82) is 5.41 Å². The van der Waals surface area contributed by atoms with Gasteiger partial charge in [0.25, 0.3) is 0 Å². The fourth-order valence-electron chi connectivity index (χ4n) is 1.61. The van der Waals surface area contributed by atoms with Crippen LogP contribution in [0.15, 0.2) is 11.6 Å². The minimum Gasteiger partial charge on any atom is -0.443 e. The Morgan fingerprint density at radius 2 is 2.12 bits per heavy atom. The lowest BCUT2D eigenvalue weighted by molar-refractivity contribution is 0.0361. The number of nitrogens with zero attached hydrogens (tertiary/aromatic N) is 1. The predicted octanol–water partition coefficient (Wildman–Crippen LogP) is 2.94. The predicted molar refractivity (Wildman–Crippen MR) is 63.7 cm³/mol. The molecule has 0 aromatic carbocycles. The van der Waals surface area contributed by atoms with Gasteiger partial charge in [0, 0.05) is 6.54 Å². The molecule has 1 N–H and O–H groups in total. The second-order valence-corrected chi connectivity index (χ2v) is 4.90. The van der Waals surface area contributed by atoms with E-state index in [4.69, 9.17) is 10.1 Å². The number of amides is 1. The lowest BCUT2D eigenvalue weighted by Gasteiger charge is -2.31. The van der Waals surface area contributed by atoms with Gasteiger partial charge in [0.1, 0.15) is 11.4 Å². The number of carbonyl (C=O) groups excluding carboxylic acids is 1. The summed E-state index contributed by atoms with van der Waals surface area (Å²) in [5.41, 5.74) is 0.405. The Kier molecular flexibility index (Phi) is 3.73. The zero-order valence-corrected chi connectivity index (χ0v) is 10.5. The van der Waals surface area contributed by atoms with E-state index in [9.17, 15) is 4.79 Å². The first-order chi connectivity index (χ1) is 7.35. The first-order valence-electron chi connectivity index (χ1n) is 5.60. The molecule has 0 aliphatic carbocycles. The van der Waals surface area contributed by atoms with Crippen LogP contribution in [0.3, 0.4) is 0 Å². The van der Waals surface area contributed by atoms with Crippen molar-refractivity contribution in [1.82, 2.24) is 4.90 Å². The molecule has 0 radical (unpaired) electrons. The van der Waals surface area contributed by atoms with Crippen LogP contribution in [0.25, 0.3) is 0 Å². The topological polar surface area (TPSA) is 53.4 Å². The average molecular weight is 224 g/mol. The Bertz CT molecular complexity index is 326. The Balaban J connectivity index is 2.73. The van der Waals surface area contributed by atoms with Gasteiger partial charge in [-0.25, -0.2) is 4.79 Å². The van der Waals surface area contributed by atoms with Gasteiger partial charge in [0.05, 0.1) is 0 Å². The normalized spacial score (nSPS) is 20.1. The van der Waals surface area contributed by atoms with Gasteiger partial charge >= 0.3 is 6.09 Å². The van der Waals surface area contributed by atoms with Crippen LogP contribution in [0.4, 0.5) is 4.79 Å². The van der Waals surface area contributed by atoms with Crippen LogP contribution < -0.4 is 0 Å². The summed E-state index contributed by atoms with van der Waals surface area (Å²) in [4.78, 5) is 13.2. The lowest BCUT2D eigenvalue weighted by Crippen LogP contribution is -2.44. The van der Waals surface area contributed by atoms with Gasteiger partial charge in [0.15, 0.2) is 0 Å². The van der Waals surface area contributed by atoms with Gasteiger partial charge in [0.2, 0.25) is 0 Å². The molecule has 4 nitrogen and oxygen atoms in total. The van der Waals surface area contributed by atoms with Crippen LogP contribution in [-0.2, 0) is 4.74 Å². The summed E-state index contributed by atoms with van der Waals surface area (Å²) in [6.07, 6.45) is 3.23. The number of carbonyl (C=O) groups is 1. The quantitative estimate of drug-likeness (QED) is 0.687. The maximum Gasteiger partial charge on any atom is 0.415 e. The Labute approximate surface area is 96.8 Å². The minimum atomic E-state index is -0.509. The SMILES string of the molecule is C/C=C1/CCCN(C(=O)OC(C)(C)C)C1=N. The molecule has 0 bridgehead atoms. The van der Waals surface area contributed by atoms with Gasteiger partial charge in [-0.3, -0.25) is 10.3 Å². The largest absolute Gasteiger partial charge is 0.443 e. The first kappa shape index (κ1) is 12.7. The third kappa shape index (κ3) is 3.08. The number of allylic oxidation sites excluding steroid dienone is 1. The van der Waals surface area contributed by atoms with E-state index in [1.54, 1.807) is 0 Å². The molecule has 90 valence electrons. The third-order valence-electron chi connectivity index (χ3n) is 2.36. The van der Waals surface area contributed by atoms with Crippen molar-refractivity contribution in [2.45, 2.75) is 46.1 Å². The van der Waals surface area contributed by atoms with Gasteiger partial charge in [-0.2, -0.15) is 0 Å². The Morgan fingerprint density at radius 3 is 2.62 bits per heavy atom. The summed E-state index contributed by atoms with van der Waals surface area (Å²) in [6, 6.07) is 0. The highest BCUT2D eigenvalue weighted by atomic mass is 16.6. The molecule has 16 heavy (non-hydrogen) atoms. The highest BCUT2D eigenvalue weighted by Crippen LogP contribution is 2.19. The average Bonchev–Trinajstić information content (AvgIpc) is 2.15. The molecule has 0 saturated carbocycles. The van der Waals surface area contributed by atoms with E-state index >= 15 is 0 Å². The fraction of sp³-hybridized carbons (Fsp3) is 0.667. The number of nitrogens with one attached hydrogen (secondary N) is 1. The molecule has 1 heterocycles. The van der Waals surface area contributed by atoms with Gasteiger partial charge in [-0.1, -0.05) is 6.08 Å². The third-order valence-corrected chi connectivity index (χ3v) is 2.36. The summed E-state index contributed by atoms with van der Waals surface area (Å²) in [5, 5.41) is 7.90. The molecule has 1 aliphatic rings. The fourth-order valence-corrected chi connectivity index (χ4v) is 1.61. The number of hydrogen-bond donors (Lipinski definition) is 1. The van der Waals surface area contributed by atoms with Gasteiger partial charge in [-0.15, -0.1) is 0 Å². The number of ether oxygens (including phenoxy) is 1. The number of likely N-dealkylation sites (tertiary alicyclic amines) is 1. The molecule has 0 unspecified atom stereocenters. The smallest absolute Gasteiger partial charge is 0.415 e. The summed E-state index contributed by atoms with van der Waals surface area (Å²) in [7, 11) is 0. The maximum atomic E-state index is 11.8. The van der Waals surface area contributed by atoms with Crippen LogP contribution >= 0.6 is 0 Å². The van der Waals surface area contributed by atoms with Crippen LogP contribution in [0.2, 0.25) is 0 Å². The number of rotatable bonds is 0. The second-order valence-electron chi connectivity index (χ2n) is 4.90. The monoisotopic (exact) mass is 224 g/mol. The van der Waals surface area contributed by atoms with Crippen molar-refractivity contribution in [3.63, 3.8) is 0 Å². The number of amidine groups is 1. The molecule has 1 aliphatic heterocycles.